The molecule has 0 atom stereocenters. The Morgan fingerprint density at radius 3 is 2.09 bits per heavy atom. The van der Waals surface area contributed by atoms with E-state index in [2.05, 4.69) is 63.7 Å². The second kappa shape index (κ2) is 9.16. The summed E-state index contributed by atoms with van der Waals surface area (Å²) in [5.41, 5.74) is 6.64. The van der Waals surface area contributed by atoms with E-state index in [1.807, 2.05) is 4.90 Å². The lowest BCUT2D eigenvalue weighted by Crippen LogP contribution is -2.50. The van der Waals surface area contributed by atoms with Crippen molar-refractivity contribution in [3.63, 3.8) is 0 Å². The number of hydrogen-bond acceptors (Lipinski definition) is 4. The van der Waals surface area contributed by atoms with Crippen LogP contribution in [0.1, 0.15) is 45.6 Å². The summed E-state index contributed by atoms with van der Waals surface area (Å²) in [6, 6.07) is 19.5. The molecular formula is C27H28N4O2. The van der Waals surface area contributed by atoms with Crippen molar-refractivity contribution in [1.29, 1.82) is 0 Å². The highest BCUT2D eigenvalue weighted by Gasteiger charge is 2.32. The predicted octanol–water partition coefficient (Wildman–Crippen LogP) is 3.69. The van der Waals surface area contributed by atoms with Crippen LogP contribution < -0.4 is 5.32 Å². The van der Waals surface area contributed by atoms with E-state index < -0.39 is 0 Å². The molecule has 2 aliphatic rings. The maximum Gasteiger partial charge on any atom is 0.255 e. The molecule has 1 aliphatic carbocycles. The molecule has 1 aromatic heterocycles. The first-order valence-electron chi connectivity index (χ1n) is 11.5. The third-order valence-corrected chi connectivity index (χ3v) is 6.64. The third kappa shape index (κ3) is 4.39. The van der Waals surface area contributed by atoms with Crippen molar-refractivity contribution in [3.8, 4) is 0 Å². The number of hydrogen-bond donors (Lipinski definition) is 1. The largest absolute Gasteiger partial charge is 0.336 e. The maximum absolute atomic E-state index is 13.1. The van der Waals surface area contributed by atoms with E-state index in [4.69, 9.17) is 0 Å². The quantitative estimate of drug-likeness (QED) is 0.675. The third-order valence-electron chi connectivity index (χ3n) is 6.64. The molecule has 1 fully saturated rings. The van der Waals surface area contributed by atoms with Crippen molar-refractivity contribution in [2.75, 3.05) is 31.5 Å². The Balaban J connectivity index is 1.36. The minimum Gasteiger partial charge on any atom is -0.336 e. The average Bonchev–Trinajstić information content (AvgIpc) is 3.00. The molecular weight excluding hydrogens is 412 g/mol. The molecule has 2 heterocycles. The zero-order chi connectivity index (χ0) is 22.8. The molecule has 0 unspecified atom stereocenters. The molecule has 1 aliphatic heterocycles. The Bertz CT molecular complexity index is 1140. The number of aromatic nitrogens is 1. The SMILES string of the molecule is CC(=O)Nc1cncc(C(=O)N2CCN(C3c4ccccc4CCc4ccccc43)CC2)c1. The van der Waals surface area contributed by atoms with Crippen LogP contribution in [0, 0.1) is 0 Å². The Hall–Kier alpha value is -3.51. The van der Waals surface area contributed by atoms with E-state index in [1.54, 1.807) is 18.5 Å². The molecule has 0 saturated carbocycles. The first kappa shape index (κ1) is 21.3. The second-order valence-electron chi connectivity index (χ2n) is 8.77. The lowest BCUT2D eigenvalue weighted by atomic mass is 9.92. The van der Waals surface area contributed by atoms with Gasteiger partial charge in [0.25, 0.3) is 5.91 Å². The van der Waals surface area contributed by atoms with Gasteiger partial charge in [-0.2, -0.15) is 0 Å². The Kier molecular flexibility index (Phi) is 5.92. The average molecular weight is 441 g/mol. The molecule has 1 saturated heterocycles. The number of piperazine rings is 1. The van der Waals surface area contributed by atoms with Crippen LogP contribution in [-0.2, 0) is 17.6 Å². The molecule has 6 heteroatoms. The van der Waals surface area contributed by atoms with Gasteiger partial charge in [-0.05, 0) is 41.2 Å². The number of benzene rings is 2. The van der Waals surface area contributed by atoms with Gasteiger partial charge in [0.2, 0.25) is 5.91 Å². The number of carbonyl (C=O) groups excluding carboxylic acids is 2. The van der Waals surface area contributed by atoms with Crippen LogP contribution in [0.5, 0.6) is 0 Å². The number of nitrogens with one attached hydrogen (secondary N) is 1. The molecule has 5 rings (SSSR count). The summed E-state index contributed by atoms with van der Waals surface area (Å²) < 4.78 is 0. The molecule has 0 spiro atoms. The normalized spacial score (nSPS) is 16.5. The lowest BCUT2D eigenvalue weighted by Gasteiger charge is -2.40. The Morgan fingerprint density at radius 1 is 0.879 bits per heavy atom. The van der Waals surface area contributed by atoms with Crippen LogP contribution in [0.2, 0.25) is 0 Å². The smallest absolute Gasteiger partial charge is 0.255 e. The van der Waals surface area contributed by atoms with E-state index in [-0.39, 0.29) is 17.9 Å². The molecule has 2 aromatic carbocycles. The summed E-state index contributed by atoms with van der Waals surface area (Å²) in [6.07, 6.45) is 5.23. The van der Waals surface area contributed by atoms with Gasteiger partial charge in [0, 0.05) is 39.3 Å². The van der Waals surface area contributed by atoms with Crippen molar-refractivity contribution in [2.45, 2.75) is 25.8 Å². The summed E-state index contributed by atoms with van der Waals surface area (Å²) in [4.78, 5) is 33.0. The van der Waals surface area contributed by atoms with E-state index in [0.717, 1.165) is 25.9 Å². The van der Waals surface area contributed by atoms with Gasteiger partial charge in [-0.3, -0.25) is 19.5 Å². The number of rotatable bonds is 3. The first-order chi connectivity index (χ1) is 16.1. The standard InChI is InChI=1S/C27H28N4O2/c1-19(32)29-23-16-22(17-28-18-23)27(33)31-14-12-30(13-15-31)26-24-8-4-2-6-20(24)10-11-21-7-3-5-9-25(21)26/h2-9,16-18,26H,10-15H2,1H3,(H,29,32). The Morgan fingerprint density at radius 2 is 1.48 bits per heavy atom. The van der Waals surface area contributed by atoms with Gasteiger partial charge in [-0.15, -0.1) is 0 Å². The molecule has 168 valence electrons. The van der Waals surface area contributed by atoms with Gasteiger partial charge in [0.05, 0.1) is 23.5 Å². The second-order valence-corrected chi connectivity index (χ2v) is 8.77. The number of carbonyl (C=O) groups is 2. The highest BCUT2D eigenvalue weighted by atomic mass is 16.2. The molecule has 3 aromatic rings. The zero-order valence-electron chi connectivity index (χ0n) is 18.8. The van der Waals surface area contributed by atoms with Crippen LogP contribution in [0.4, 0.5) is 5.69 Å². The van der Waals surface area contributed by atoms with Crippen molar-refractivity contribution in [1.82, 2.24) is 14.8 Å². The number of amides is 2. The molecule has 33 heavy (non-hydrogen) atoms. The van der Waals surface area contributed by atoms with Crippen molar-refractivity contribution < 1.29 is 9.59 Å². The molecule has 0 radical (unpaired) electrons. The number of nitrogens with zero attached hydrogens (tertiary/aromatic N) is 3. The van der Waals surface area contributed by atoms with Gasteiger partial charge in [-0.1, -0.05) is 48.5 Å². The predicted molar refractivity (Wildman–Crippen MR) is 128 cm³/mol. The van der Waals surface area contributed by atoms with E-state index in [9.17, 15) is 9.59 Å². The molecule has 2 amide bonds. The first-order valence-corrected chi connectivity index (χ1v) is 11.5. The fourth-order valence-electron chi connectivity index (χ4n) is 5.08. The maximum atomic E-state index is 13.1. The summed E-state index contributed by atoms with van der Waals surface area (Å²) in [7, 11) is 0. The minimum atomic E-state index is -0.182. The van der Waals surface area contributed by atoms with Gasteiger partial charge in [-0.25, -0.2) is 0 Å². The van der Waals surface area contributed by atoms with Crippen LogP contribution in [0.25, 0.3) is 0 Å². The number of aryl methyl sites for hydroxylation is 2. The summed E-state index contributed by atoms with van der Waals surface area (Å²) in [5, 5.41) is 2.70. The zero-order valence-corrected chi connectivity index (χ0v) is 18.8. The van der Waals surface area contributed by atoms with Gasteiger partial charge in [0.15, 0.2) is 0 Å². The molecule has 0 bridgehead atoms. The fourth-order valence-corrected chi connectivity index (χ4v) is 5.08. The van der Waals surface area contributed by atoms with E-state index in [0.29, 0.717) is 24.3 Å². The summed E-state index contributed by atoms with van der Waals surface area (Å²) in [5.74, 6) is -0.227. The van der Waals surface area contributed by atoms with Crippen LogP contribution in [-0.4, -0.2) is 52.8 Å². The van der Waals surface area contributed by atoms with Gasteiger partial charge in [0.1, 0.15) is 0 Å². The summed E-state index contributed by atoms with van der Waals surface area (Å²) in [6.45, 7) is 4.36. The lowest BCUT2D eigenvalue weighted by molar-refractivity contribution is -0.114. The van der Waals surface area contributed by atoms with E-state index in [1.165, 1.54) is 29.2 Å². The van der Waals surface area contributed by atoms with Gasteiger partial charge < -0.3 is 10.2 Å². The highest BCUT2D eigenvalue weighted by molar-refractivity contribution is 5.96. The van der Waals surface area contributed by atoms with Crippen LogP contribution in [0.3, 0.4) is 0 Å². The minimum absolute atomic E-state index is 0.0454. The highest BCUT2D eigenvalue weighted by Crippen LogP contribution is 2.37. The van der Waals surface area contributed by atoms with Crippen LogP contribution in [0.15, 0.2) is 67.0 Å². The topological polar surface area (TPSA) is 65.5 Å². The van der Waals surface area contributed by atoms with Crippen molar-refractivity contribution in [2.24, 2.45) is 0 Å². The fraction of sp³-hybridized carbons (Fsp3) is 0.296. The monoisotopic (exact) mass is 440 g/mol. The van der Waals surface area contributed by atoms with Crippen molar-refractivity contribution >= 4 is 17.5 Å². The van der Waals surface area contributed by atoms with E-state index >= 15 is 0 Å². The summed E-state index contributed by atoms with van der Waals surface area (Å²) >= 11 is 0. The number of fused-ring (bicyclic) bond motifs is 2. The van der Waals surface area contributed by atoms with Gasteiger partial charge >= 0.3 is 0 Å². The number of pyridine rings is 1. The molecule has 6 nitrogen and oxygen atoms in total. The van der Waals surface area contributed by atoms with Crippen LogP contribution >= 0.6 is 0 Å². The van der Waals surface area contributed by atoms with Crippen molar-refractivity contribution in [3.05, 3.63) is 94.8 Å². The number of anilines is 1. The molecule has 1 N–H and O–H groups in total. The Labute approximate surface area is 194 Å².